The van der Waals surface area contributed by atoms with E-state index in [1.54, 1.807) is 0 Å². The minimum atomic E-state index is 0. The fraction of sp³-hybridized carbons (Fsp3) is 0.316. The zero-order chi connectivity index (χ0) is 16.7. The van der Waals surface area contributed by atoms with Gasteiger partial charge in [0, 0.05) is 47.0 Å². The van der Waals surface area contributed by atoms with Gasteiger partial charge in [0.2, 0.25) is 0 Å². The summed E-state index contributed by atoms with van der Waals surface area (Å²) in [6.45, 7) is 1.60. The lowest BCUT2D eigenvalue weighted by Gasteiger charge is -2.22. The summed E-state index contributed by atoms with van der Waals surface area (Å²) < 4.78 is 0. The first-order chi connectivity index (χ1) is 11.1. The summed E-state index contributed by atoms with van der Waals surface area (Å²) in [5.41, 5.74) is 3.72. The van der Waals surface area contributed by atoms with Crippen molar-refractivity contribution >= 4 is 35.6 Å². The van der Waals surface area contributed by atoms with E-state index >= 15 is 0 Å². The van der Waals surface area contributed by atoms with Crippen LogP contribution < -0.4 is 10.2 Å². The van der Waals surface area contributed by atoms with Crippen LogP contribution in [0.4, 0.5) is 5.69 Å². The third-order valence-electron chi connectivity index (χ3n) is 3.74. The Morgan fingerprint density at radius 3 is 2.08 bits per heavy atom. The number of benzene rings is 2. The fourth-order valence-corrected chi connectivity index (χ4v) is 2.41. The predicted molar refractivity (Wildman–Crippen MR) is 114 cm³/mol. The molecule has 0 radical (unpaired) electrons. The Morgan fingerprint density at radius 1 is 0.917 bits per heavy atom. The molecule has 0 heterocycles. The third kappa shape index (κ3) is 6.03. The van der Waals surface area contributed by atoms with E-state index in [-0.39, 0.29) is 24.0 Å². The molecule has 0 saturated carbocycles. The molecular formula is C19H27IN4. The largest absolute Gasteiger partial charge is 0.378 e. The van der Waals surface area contributed by atoms with Gasteiger partial charge in [0.05, 0.1) is 0 Å². The Bertz CT molecular complexity index is 624. The summed E-state index contributed by atoms with van der Waals surface area (Å²) in [6.07, 6.45) is 0. The van der Waals surface area contributed by atoms with Crippen LogP contribution in [0.15, 0.2) is 59.6 Å². The van der Waals surface area contributed by atoms with E-state index in [0.29, 0.717) is 0 Å². The summed E-state index contributed by atoms with van der Waals surface area (Å²) in [5.74, 6) is 0.894. The first kappa shape index (κ1) is 20.3. The van der Waals surface area contributed by atoms with Crippen LogP contribution in [0.1, 0.15) is 11.1 Å². The highest BCUT2D eigenvalue weighted by Crippen LogP contribution is 2.12. The highest BCUT2D eigenvalue weighted by atomic mass is 127. The maximum atomic E-state index is 4.37. The maximum absolute atomic E-state index is 4.37. The summed E-state index contributed by atoms with van der Waals surface area (Å²) in [4.78, 5) is 8.60. The molecule has 0 unspecified atom stereocenters. The molecule has 0 fully saturated rings. The molecule has 4 nitrogen and oxygen atoms in total. The zero-order valence-electron chi connectivity index (χ0n) is 14.9. The molecule has 1 N–H and O–H groups in total. The predicted octanol–water partition coefficient (Wildman–Crippen LogP) is 3.58. The van der Waals surface area contributed by atoms with Gasteiger partial charge in [-0.2, -0.15) is 0 Å². The molecule has 2 rings (SSSR count). The van der Waals surface area contributed by atoms with Gasteiger partial charge < -0.3 is 15.1 Å². The second-order valence-electron chi connectivity index (χ2n) is 5.80. The van der Waals surface area contributed by atoms with Gasteiger partial charge >= 0.3 is 0 Å². The van der Waals surface area contributed by atoms with Crippen LogP contribution in [-0.2, 0) is 13.1 Å². The van der Waals surface area contributed by atoms with Crippen LogP contribution in [0.3, 0.4) is 0 Å². The number of hydrogen-bond acceptors (Lipinski definition) is 2. The standard InChI is InChI=1S/C19H26N4.HI/c1-20-19(23(4)15-17-8-6-5-7-9-17)21-14-16-10-12-18(13-11-16)22(2)3;/h5-13H,14-15H2,1-4H3,(H,20,21);1H. The molecule has 0 amide bonds. The average molecular weight is 438 g/mol. The van der Waals surface area contributed by atoms with E-state index in [9.17, 15) is 0 Å². The van der Waals surface area contributed by atoms with Crippen molar-refractivity contribution in [2.45, 2.75) is 13.1 Å². The van der Waals surface area contributed by atoms with Crippen LogP contribution in [0, 0.1) is 0 Å². The average Bonchev–Trinajstić information content (AvgIpc) is 2.56. The van der Waals surface area contributed by atoms with Crippen LogP contribution >= 0.6 is 24.0 Å². The van der Waals surface area contributed by atoms with Gasteiger partial charge in [0.1, 0.15) is 0 Å². The molecule has 2 aromatic rings. The summed E-state index contributed by atoms with van der Waals surface area (Å²) >= 11 is 0. The van der Waals surface area contributed by atoms with E-state index in [1.807, 2.05) is 27.2 Å². The Hall–Kier alpha value is -1.76. The topological polar surface area (TPSA) is 30.9 Å². The van der Waals surface area contributed by atoms with Crippen molar-refractivity contribution in [3.8, 4) is 0 Å². The van der Waals surface area contributed by atoms with Gasteiger partial charge in [-0.15, -0.1) is 24.0 Å². The molecule has 0 aliphatic carbocycles. The summed E-state index contributed by atoms with van der Waals surface area (Å²) in [5, 5.41) is 3.42. The second kappa shape index (κ2) is 10.2. The minimum absolute atomic E-state index is 0. The molecule has 0 aliphatic heterocycles. The van der Waals surface area contributed by atoms with Gasteiger partial charge in [-0.05, 0) is 23.3 Å². The molecule has 0 spiro atoms. The number of nitrogens with one attached hydrogen (secondary N) is 1. The lowest BCUT2D eigenvalue weighted by Crippen LogP contribution is -2.38. The molecule has 24 heavy (non-hydrogen) atoms. The van der Waals surface area contributed by atoms with Crippen LogP contribution in [0.2, 0.25) is 0 Å². The van der Waals surface area contributed by atoms with E-state index < -0.39 is 0 Å². The minimum Gasteiger partial charge on any atom is -0.378 e. The normalized spacial score (nSPS) is 10.8. The van der Waals surface area contributed by atoms with Gasteiger partial charge in [0.25, 0.3) is 0 Å². The Morgan fingerprint density at radius 2 is 1.54 bits per heavy atom. The van der Waals surface area contributed by atoms with E-state index in [4.69, 9.17) is 0 Å². The third-order valence-corrected chi connectivity index (χ3v) is 3.74. The van der Waals surface area contributed by atoms with Crippen molar-refractivity contribution in [3.63, 3.8) is 0 Å². The van der Waals surface area contributed by atoms with Crippen molar-refractivity contribution in [1.82, 2.24) is 10.2 Å². The van der Waals surface area contributed by atoms with Gasteiger partial charge in [-0.3, -0.25) is 4.99 Å². The van der Waals surface area contributed by atoms with Gasteiger partial charge in [-0.1, -0.05) is 42.5 Å². The van der Waals surface area contributed by atoms with Crippen LogP contribution in [0.25, 0.3) is 0 Å². The van der Waals surface area contributed by atoms with Gasteiger partial charge in [-0.25, -0.2) is 0 Å². The zero-order valence-corrected chi connectivity index (χ0v) is 17.2. The first-order valence-electron chi connectivity index (χ1n) is 7.82. The molecule has 0 saturated heterocycles. The lowest BCUT2D eigenvalue weighted by molar-refractivity contribution is 0.476. The fourth-order valence-electron chi connectivity index (χ4n) is 2.41. The quantitative estimate of drug-likeness (QED) is 0.440. The maximum Gasteiger partial charge on any atom is 0.193 e. The van der Waals surface area contributed by atoms with Crippen molar-refractivity contribution in [2.24, 2.45) is 4.99 Å². The van der Waals surface area contributed by atoms with Crippen LogP contribution in [0.5, 0.6) is 0 Å². The highest BCUT2D eigenvalue weighted by Gasteiger charge is 2.06. The molecule has 5 heteroatoms. The first-order valence-corrected chi connectivity index (χ1v) is 7.82. The van der Waals surface area contributed by atoms with E-state index in [0.717, 1.165) is 19.0 Å². The Labute approximate surface area is 162 Å². The highest BCUT2D eigenvalue weighted by molar-refractivity contribution is 14.0. The Balaban J connectivity index is 0.00000288. The molecule has 2 aromatic carbocycles. The van der Waals surface area contributed by atoms with Crippen molar-refractivity contribution in [3.05, 3.63) is 65.7 Å². The SMILES string of the molecule is CN=C(NCc1ccc(N(C)C)cc1)N(C)Cc1ccccc1.I. The van der Waals surface area contributed by atoms with Crippen molar-refractivity contribution in [1.29, 1.82) is 0 Å². The number of anilines is 1. The van der Waals surface area contributed by atoms with Gasteiger partial charge in [0.15, 0.2) is 5.96 Å². The second-order valence-corrected chi connectivity index (χ2v) is 5.80. The molecular weight excluding hydrogens is 411 g/mol. The smallest absolute Gasteiger partial charge is 0.193 e. The number of hydrogen-bond donors (Lipinski definition) is 1. The Kier molecular flexibility index (Phi) is 8.60. The number of rotatable bonds is 5. The molecule has 0 aliphatic rings. The van der Waals surface area contributed by atoms with Crippen molar-refractivity contribution in [2.75, 3.05) is 33.1 Å². The summed E-state index contributed by atoms with van der Waals surface area (Å²) in [7, 11) is 7.97. The number of guanidine groups is 1. The monoisotopic (exact) mass is 438 g/mol. The molecule has 0 atom stereocenters. The molecule has 0 aromatic heterocycles. The lowest BCUT2D eigenvalue weighted by atomic mass is 10.2. The molecule has 0 bridgehead atoms. The van der Waals surface area contributed by atoms with Crippen LogP contribution in [-0.4, -0.2) is 39.1 Å². The van der Waals surface area contributed by atoms with Crippen molar-refractivity contribution < 1.29 is 0 Å². The molecule has 130 valence electrons. The van der Waals surface area contributed by atoms with E-state index in [1.165, 1.54) is 16.8 Å². The number of nitrogens with zero attached hydrogens (tertiary/aromatic N) is 3. The number of aliphatic imine (C=N–C) groups is 1. The number of halogens is 1. The summed E-state index contributed by atoms with van der Waals surface area (Å²) in [6, 6.07) is 19.0. The van der Waals surface area contributed by atoms with E-state index in [2.05, 4.69) is 75.7 Å².